The van der Waals surface area contributed by atoms with Gasteiger partial charge < -0.3 is 0 Å². The number of hydrogen-bond acceptors (Lipinski definition) is 1. The molecule has 0 atom stereocenters. The van der Waals surface area contributed by atoms with E-state index >= 15 is 0 Å². The average Bonchev–Trinajstić information content (AvgIpc) is 2.28. The minimum absolute atomic E-state index is 1.09. The van der Waals surface area contributed by atoms with Gasteiger partial charge in [0, 0.05) is 11.9 Å². The molecule has 0 N–H and O–H groups in total. The fourth-order valence-electron chi connectivity index (χ4n) is 1.80. The van der Waals surface area contributed by atoms with Crippen molar-refractivity contribution in [1.29, 1.82) is 0 Å². The summed E-state index contributed by atoms with van der Waals surface area (Å²) in [6, 6.07) is 13.0. The number of rotatable bonds is 3. The molecule has 0 amide bonds. The molecule has 1 heterocycles. The third kappa shape index (κ3) is 2.93. The summed E-state index contributed by atoms with van der Waals surface area (Å²) in [6.45, 7) is 4.16. The van der Waals surface area contributed by atoms with Crippen LogP contribution >= 0.6 is 0 Å². The highest BCUT2D eigenvalue weighted by molar-refractivity contribution is 5.23. The van der Waals surface area contributed by atoms with Crippen molar-refractivity contribution in [1.82, 2.24) is 4.98 Å². The van der Waals surface area contributed by atoms with Gasteiger partial charge >= 0.3 is 0 Å². The number of hydrogen-bond donors (Lipinski definition) is 0. The van der Waals surface area contributed by atoms with Crippen LogP contribution in [-0.2, 0) is 12.8 Å². The molecular weight excluding hydrogens is 194 g/mol. The Hall–Kier alpha value is -1.63. The van der Waals surface area contributed by atoms with Gasteiger partial charge in [0.15, 0.2) is 0 Å². The monoisotopic (exact) mass is 211 g/mol. The van der Waals surface area contributed by atoms with Gasteiger partial charge in [-0.15, -0.1) is 0 Å². The molecule has 16 heavy (non-hydrogen) atoms. The van der Waals surface area contributed by atoms with Crippen molar-refractivity contribution in [3.8, 4) is 0 Å². The van der Waals surface area contributed by atoms with Crippen molar-refractivity contribution >= 4 is 0 Å². The Morgan fingerprint density at radius 2 is 1.56 bits per heavy atom. The smallest absolute Gasteiger partial charge is 0.0375 e. The summed E-state index contributed by atoms with van der Waals surface area (Å²) in [7, 11) is 0. The Morgan fingerprint density at radius 1 is 0.875 bits per heavy atom. The van der Waals surface area contributed by atoms with E-state index in [4.69, 9.17) is 0 Å². The first kappa shape index (κ1) is 10.9. The van der Waals surface area contributed by atoms with Crippen LogP contribution in [0, 0.1) is 13.8 Å². The number of nitrogens with zero attached hydrogens (tertiary/aromatic N) is 1. The molecule has 0 saturated heterocycles. The van der Waals surface area contributed by atoms with E-state index in [1.54, 1.807) is 0 Å². The van der Waals surface area contributed by atoms with Crippen LogP contribution in [0.4, 0.5) is 0 Å². The van der Waals surface area contributed by atoms with Crippen LogP contribution in [0.25, 0.3) is 0 Å². The topological polar surface area (TPSA) is 12.9 Å². The van der Waals surface area contributed by atoms with E-state index in [1.807, 2.05) is 13.1 Å². The first-order chi connectivity index (χ1) is 7.74. The van der Waals surface area contributed by atoms with E-state index in [1.165, 1.54) is 16.7 Å². The summed E-state index contributed by atoms with van der Waals surface area (Å²) in [4.78, 5) is 4.21. The molecule has 0 spiro atoms. The summed E-state index contributed by atoms with van der Waals surface area (Å²) in [5, 5.41) is 0. The SMILES string of the molecule is Cc1ccc(CCc2ccnc(C)c2)cc1. The predicted molar refractivity (Wildman–Crippen MR) is 67.6 cm³/mol. The first-order valence-corrected chi connectivity index (χ1v) is 5.71. The van der Waals surface area contributed by atoms with Crippen LogP contribution in [0.3, 0.4) is 0 Å². The van der Waals surface area contributed by atoms with Crippen LogP contribution in [-0.4, -0.2) is 4.98 Å². The van der Waals surface area contributed by atoms with E-state index in [9.17, 15) is 0 Å². The Balaban J connectivity index is 1.99. The molecule has 1 nitrogen and oxygen atoms in total. The second kappa shape index (κ2) is 4.93. The van der Waals surface area contributed by atoms with Crippen LogP contribution in [0.5, 0.6) is 0 Å². The molecule has 1 heteroatoms. The van der Waals surface area contributed by atoms with Gasteiger partial charge in [-0.3, -0.25) is 4.98 Å². The van der Waals surface area contributed by atoms with Crippen molar-refractivity contribution in [2.45, 2.75) is 26.7 Å². The standard InChI is InChI=1S/C15H17N/c1-12-3-5-14(6-4-12)7-8-15-9-10-16-13(2)11-15/h3-6,9-11H,7-8H2,1-2H3. The normalized spacial score (nSPS) is 10.4. The minimum atomic E-state index is 1.09. The Kier molecular flexibility index (Phi) is 3.35. The summed E-state index contributed by atoms with van der Waals surface area (Å²) < 4.78 is 0. The molecule has 2 aromatic rings. The summed E-state index contributed by atoms with van der Waals surface area (Å²) in [5.41, 5.74) is 5.19. The molecule has 1 aromatic heterocycles. The highest BCUT2D eigenvalue weighted by atomic mass is 14.6. The fourth-order valence-corrected chi connectivity index (χ4v) is 1.80. The lowest BCUT2D eigenvalue weighted by Gasteiger charge is -2.03. The van der Waals surface area contributed by atoms with Gasteiger partial charge in [-0.1, -0.05) is 29.8 Å². The molecule has 0 aliphatic carbocycles. The lowest BCUT2D eigenvalue weighted by atomic mass is 10.0. The molecule has 0 aliphatic heterocycles. The van der Waals surface area contributed by atoms with Gasteiger partial charge in [0.25, 0.3) is 0 Å². The largest absolute Gasteiger partial charge is 0.262 e. The number of pyridine rings is 1. The highest BCUT2D eigenvalue weighted by Gasteiger charge is 1.96. The van der Waals surface area contributed by atoms with Gasteiger partial charge in [0.2, 0.25) is 0 Å². The maximum absolute atomic E-state index is 4.21. The lowest BCUT2D eigenvalue weighted by Crippen LogP contribution is -1.92. The van der Waals surface area contributed by atoms with E-state index in [0.717, 1.165) is 18.5 Å². The zero-order chi connectivity index (χ0) is 11.4. The van der Waals surface area contributed by atoms with Gasteiger partial charge in [0.1, 0.15) is 0 Å². The van der Waals surface area contributed by atoms with Gasteiger partial charge in [-0.05, 0) is 49.9 Å². The second-order valence-corrected chi connectivity index (χ2v) is 4.29. The Labute approximate surface area is 97.2 Å². The van der Waals surface area contributed by atoms with Crippen molar-refractivity contribution < 1.29 is 0 Å². The number of aryl methyl sites for hydroxylation is 4. The third-order valence-corrected chi connectivity index (χ3v) is 2.78. The highest BCUT2D eigenvalue weighted by Crippen LogP contribution is 2.09. The van der Waals surface area contributed by atoms with Crippen molar-refractivity contribution in [2.75, 3.05) is 0 Å². The maximum Gasteiger partial charge on any atom is 0.0375 e. The molecule has 0 unspecified atom stereocenters. The molecule has 0 radical (unpaired) electrons. The zero-order valence-electron chi connectivity index (χ0n) is 9.90. The molecule has 0 saturated carbocycles. The van der Waals surface area contributed by atoms with Crippen LogP contribution in [0.2, 0.25) is 0 Å². The minimum Gasteiger partial charge on any atom is -0.262 e. The maximum atomic E-state index is 4.21. The second-order valence-electron chi connectivity index (χ2n) is 4.29. The Bertz CT molecular complexity index is 457. The van der Waals surface area contributed by atoms with E-state index in [0.29, 0.717) is 0 Å². The van der Waals surface area contributed by atoms with Crippen LogP contribution in [0.15, 0.2) is 42.6 Å². The lowest BCUT2D eigenvalue weighted by molar-refractivity contribution is 0.949. The molecule has 0 bridgehead atoms. The van der Waals surface area contributed by atoms with Crippen LogP contribution < -0.4 is 0 Å². The molecule has 1 aromatic carbocycles. The van der Waals surface area contributed by atoms with E-state index < -0.39 is 0 Å². The Morgan fingerprint density at radius 3 is 2.25 bits per heavy atom. The molecule has 2 rings (SSSR count). The van der Waals surface area contributed by atoms with Crippen molar-refractivity contribution in [2.24, 2.45) is 0 Å². The molecular formula is C15H17N. The zero-order valence-corrected chi connectivity index (χ0v) is 9.90. The fraction of sp³-hybridized carbons (Fsp3) is 0.267. The summed E-state index contributed by atoms with van der Waals surface area (Å²) in [5.74, 6) is 0. The third-order valence-electron chi connectivity index (χ3n) is 2.78. The van der Waals surface area contributed by atoms with Crippen LogP contribution in [0.1, 0.15) is 22.4 Å². The predicted octanol–water partition coefficient (Wildman–Crippen LogP) is 3.48. The van der Waals surface area contributed by atoms with Gasteiger partial charge in [0.05, 0.1) is 0 Å². The van der Waals surface area contributed by atoms with Crippen molar-refractivity contribution in [3.05, 3.63) is 65.0 Å². The molecule has 82 valence electrons. The quantitative estimate of drug-likeness (QED) is 0.757. The molecule has 0 fully saturated rings. The van der Waals surface area contributed by atoms with E-state index in [-0.39, 0.29) is 0 Å². The summed E-state index contributed by atoms with van der Waals surface area (Å²) >= 11 is 0. The van der Waals surface area contributed by atoms with Crippen molar-refractivity contribution in [3.63, 3.8) is 0 Å². The number of benzene rings is 1. The average molecular weight is 211 g/mol. The summed E-state index contributed by atoms with van der Waals surface area (Å²) in [6.07, 6.45) is 4.08. The first-order valence-electron chi connectivity index (χ1n) is 5.71. The molecule has 0 aliphatic rings. The van der Waals surface area contributed by atoms with Gasteiger partial charge in [-0.25, -0.2) is 0 Å². The number of aromatic nitrogens is 1. The van der Waals surface area contributed by atoms with E-state index in [2.05, 4.69) is 48.3 Å². The van der Waals surface area contributed by atoms with Gasteiger partial charge in [-0.2, -0.15) is 0 Å².